The molecule has 0 unspecified atom stereocenters. The number of rotatable bonds is 5. The van der Waals surface area contributed by atoms with Gasteiger partial charge in [-0.2, -0.15) is 0 Å². The van der Waals surface area contributed by atoms with Crippen molar-refractivity contribution in [3.05, 3.63) is 29.6 Å². The molecule has 0 atom stereocenters. The van der Waals surface area contributed by atoms with Gasteiger partial charge in [-0.15, -0.1) is 0 Å². The highest BCUT2D eigenvalue weighted by Gasteiger charge is 2.14. The average molecular weight is 261 g/mol. The lowest BCUT2D eigenvalue weighted by atomic mass is 10.2. The summed E-state index contributed by atoms with van der Waals surface area (Å²) < 4.78 is 1.92. The smallest absolute Gasteiger partial charge is 0.268 e. The summed E-state index contributed by atoms with van der Waals surface area (Å²) in [6, 6.07) is 1.97. The molecule has 3 N–H and O–H groups in total. The van der Waals surface area contributed by atoms with Crippen molar-refractivity contribution in [1.29, 1.82) is 0 Å². The zero-order chi connectivity index (χ0) is 13.8. The first-order valence-corrected chi connectivity index (χ1v) is 7.01. The highest BCUT2D eigenvalue weighted by atomic mass is 16.1. The molecule has 0 fully saturated rings. The Kier molecular flexibility index (Phi) is 4.30. The van der Waals surface area contributed by atoms with Gasteiger partial charge in [0.25, 0.3) is 5.91 Å². The van der Waals surface area contributed by atoms with E-state index in [0.717, 1.165) is 6.42 Å². The standard InChI is InChI=1S/C15H23N3O/c1-11(2)18-10-13(16)9-14(18)15(19)17-8-7-12-5-3-4-6-12/h5,9-11H,3-4,6-8,16H2,1-2H3,(H,17,19). The number of carbonyl (C=O) groups excluding carboxylic acids is 1. The van der Waals surface area contributed by atoms with Crippen LogP contribution in [-0.4, -0.2) is 17.0 Å². The van der Waals surface area contributed by atoms with E-state index in [1.54, 1.807) is 6.07 Å². The number of nitrogen functional groups attached to an aromatic ring is 1. The number of aromatic nitrogens is 1. The van der Waals surface area contributed by atoms with Crippen molar-refractivity contribution < 1.29 is 4.79 Å². The van der Waals surface area contributed by atoms with Crippen molar-refractivity contribution in [2.45, 2.75) is 45.6 Å². The third-order valence-corrected chi connectivity index (χ3v) is 3.53. The van der Waals surface area contributed by atoms with Crippen molar-refractivity contribution in [2.24, 2.45) is 0 Å². The molecule has 4 nitrogen and oxygen atoms in total. The summed E-state index contributed by atoms with van der Waals surface area (Å²) in [6.07, 6.45) is 8.71. The maximum Gasteiger partial charge on any atom is 0.268 e. The number of amides is 1. The Balaban J connectivity index is 1.92. The van der Waals surface area contributed by atoms with E-state index in [0.29, 0.717) is 17.9 Å². The Morgan fingerprint density at radius 3 is 2.95 bits per heavy atom. The molecule has 2 rings (SSSR count). The molecule has 0 bridgehead atoms. The van der Waals surface area contributed by atoms with Gasteiger partial charge in [0.15, 0.2) is 0 Å². The highest BCUT2D eigenvalue weighted by molar-refractivity contribution is 5.93. The second-order valence-corrected chi connectivity index (χ2v) is 5.42. The van der Waals surface area contributed by atoms with Gasteiger partial charge in [0.05, 0.1) is 5.69 Å². The van der Waals surface area contributed by atoms with Crippen LogP contribution < -0.4 is 11.1 Å². The predicted octanol–water partition coefficient (Wildman–Crippen LogP) is 2.88. The molecule has 0 saturated carbocycles. The fourth-order valence-corrected chi connectivity index (χ4v) is 2.50. The molecule has 1 aromatic rings. The normalized spacial score (nSPS) is 14.8. The number of hydrogen-bond acceptors (Lipinski definition) is 2. The van der Waals surface area contributed by atoms with Crippen LogP contribution in [0, 0.1) is 0 Å². The van der Waals surface area contributed by atoms with Crippen LogP contribution in [-0.2, 0) is 0 Å². The number of nitrogens with zero attached hydrogens (tertiary/aromatic N) is 1. The molecule has 1 amide bonds. The number of nitrogens with two attached hydrogens (primary N) is 1. The van der Waals surface area contributed by atoms with Crippen LogP contribution in [0.4, 0.5) is 5.69 Å². The minimum Gasteiger partial charge on any atom is -0.397 e. The number of hydrogen-bond donors (Lipinski definition) is 2. The first-order valence-electron chi connectivity index (χ1n) is 7.01. The SMILES string of the molecule is CC(C)n1cc(N)cc1C(=O)NCCC1=CCCC1. The lowest BCUT2D eigenvalue weighted by Gasteiger charge is -2.12. The third-order valence-electron chi connectivity index (χ3n) is 3.53. The van der Waals surface area contributed by atoms with E-state index in [4.69, 9.17) is 5.73 Å². The summed E-state index contributed by atoms with van der Waals surface area (Å²) >= 11 is 0. The minimum atomic E-state index is -0.0380. The van der Waals surface area contributed by atoms with Gasteiger partial charge in [0.2, 0.25) is 0 Å². The van der Waals surface area contributed by atoms with Gasteiger partial charge in [-0.05, 0) is 45.6 Å². The Morgan fingerprint density at radius 1 is 1.53 bits per heavy atom. The second kappa shape index (κ2) is 5.95. The number of nitrogens with one attached hydrogen (secondary N) is 1. The van der Waals surface area contributed by atoms with Gasteiger partial charge in [0, 0.05) is 18.8 Å². The van der Waals surface area contributed by atoms with Crippen molar-refractivity contribution in [3.8, 4) is 0 Å². The summed E-state index contributed by atoms with van der Waals surface area (Å²) in [5.74, 6) is -0.0380. The monoisotopic (exact) mass is 261 g/mol. The van der Waals surface area contributed by atoms with Crippen molar-refractivity contribution >= 4 is 11.6 Å². The summed E-state index contributed by atoms with van der Waals surface area (Å²) in [5.41, 5.74) is 8.53. The zero-order valence-corrected chi connectivity index (χ0v) is 11.8. The number of allylic oxidation sites excluding steroid dienone is 1. The van der Waals surface area contributed by atoms with Gasteiger partial charge >= 0.3 is 0 Å². The maximum absolute atomic E-state index is 12.2. The molecule has 0 aromatic carbocycles. The summed E-state index contributed by atoms with van der Waals surface area (Å²) in [4.78, 5) is 12.2. The summed E-state index contributed by atoms with van der Waals surface area (Å²) in [7, 11) is 0. The molecule has 0 spiro atoms. The molecular formula is C15H23N3O. The highest BCUT2D eigenvalue weighted by Crippen LogP contribution is 2.20. The summed E-state index contributed by atoms with van der Waals surface area (Å²) in [6.45, 7) is 4.78. The van der Waals surface area contributed by atoms with E-state index in [2.05, 4.69) is 11.4 Å². The molecule has 4 heteroatoms. The molecule has 1 aromatic heterocycles. The molecule has 1 heterocycles. The quantitative estimate of drug-likeness (QED) is 0.801. The molecule has 0 aliphatic heterocycles. The maximum atomic E-state index is 12.2. The van der Waals surface area contributed by atoms with Crippen LogP contribution in [0.3, 0.4) is 0 Å². The van der Waals surface area contributed by atoms with Gasteiger partial charge in [-0.25, -0.2) is 0 Å². The third kappa shape index (κ3) is 3.40. The van der Waals surface area contributed by atoms with E-state index in [-0.39, 0.29) is 11.9 Å². The molecule has 0 saturated heterocycles. The first-order chi connectivity index (χ1) is 9.08. The van der Waals surface area contributed by atoms with E-state index >= 15 is 0 Å². The average Bonchev–Trinajstić information content (AvgIpc) is 2.98. The lowest BCUT2D eigenvalue weighted by Crippen LogP contribution is -2.27. The van der Waals surface area contributed by atoms with E-state index < -0.39 is 0 Å². The van der Waals surface area contributed by atoms with Crippen LogP contribution in [0.25, 0.3) is 0 Å². The summed E-state index contributed by atoms with van der Waals surface area (Å²) in [5, 5.41) is 2.98. The number of anilines is 1. The van der Waals surface area contributed by atoms with Crippen LogP contribution in [0.15, 0.2) is 23.9 Å². The fourth-order valence-electron chi connectivity index (χ4n) is 2.50. The Labute approximate surface area is 114 Å². The molecule has 1 aliphatic rings. The molecule has 104 valence electrons. The van der Waals surface area contributed by atoms with Crippen LogP contribution in [0.2, 0.25) is 0 Å². The van der Waals surface area contributed by atoms with Crippen LogP contribution >= 0.6 is 0 Å². The van der Waals surface area contributed by atoms with Crippen LogP contribution in [0.1, 0.15) is 56.1 Å². The molecule has 1 aliphatic carbocycles. The van der Waals surface area contributed by atoms with Gasteiger partial charge in [0.1, 0.15) is 5.69 Å². The van der Waals surface area contributed by atoms with E-state index in [9.17, 15) is 4.79 Å². The Morgan fingerprint density at radius 2 is 2.32 bits per heavy atom. The predicted molar refractivity (Wildman–Crippen MR) is 78.1 cm³/mol. The van der Waals surface area contributed by atoms with Gasteiger partial charge < -0.3 is 15.6 Å². The van der Waals surface area contributed by atoms with Crippen LogP contribution in [0.5, 0.6) is 0 Å². The van der Waals surface area contributed by atoms with E-state index in [1.807, 2.05) is 24.6 Å². The van der Waals surface area contributed by atoms with Crippen molar-refractivity contribution in [2.75, 3.05) is 12.3 Å². The second-order valence-electron chi connectivity index (χ2n) is 5.42. The molecule has 19 heavy (non-hydrogen) atoms. The Hall–Kier alpha value is -1.71. The largest absolute Gasteiger partial charge is 0.397 e. The van der Waals surface area contributed by atoms with Gasteiger partial charge in [-0.3, -0.25) is 4.79 Å². The molecular weight excluding hydrogens is 238 g/mol. The lowest BCUT2D eigenvalue weighted by molar-refractivity contribution is 0.0943. The van der Waals surface area contributed by atoms with Crippen molar-refractivity contribution in [3.63, 3.8) is 0 Å². The zero-order valence-electron chi connectivity index (χ0n) is 11.8. The van der Waals surface area contributed by atoms with Gasteiger partial charge in [-0.1, -0.05) is 11.6 Å². The first kappa shape index (κ1) is 13.7. The number of carbonyl (C=O) groups is 1. The Bertz CT molecular complexity index is 486. The van der Waals surface area contributed by atoms with Crippen molar-refractivity contribution in [1.82, 2.24) is 9.88 Å². The van der Waals surface area contributed by atoms with E-state index in [1.165, 1.54) is 24.8 Å². The minimum absolute atomic E-state index is 0.0380. The fraction of sp³-hybridized carbons (Fsp3) is 0.533. The topological polar surface area (TPSA) is 60.0 Å². The molecule has 0 radical (unpaired) electrons.